The van der Waals surface area contributed by atoms with Crippen LogP contribution in [0, 0.1) is 0 Å². The predicted molar refractivity (Wildman–Crippen MR) is 75.3 cm³/mol. The van der Waals surface area contributed by atoms with Crippen molar-refractivity contribution in [1.29, 1.82) is 0 Å². The lowest BCUT2D eigenvalue weighted by Crippen LogP contribution is -2.03. The van der Waals surface area contributed by atoms with Crippen molar-refractivity contribution in [3.8, 4) is 0 Å². The Labute approximate surface area is 119 Å². The summed E-state index contributed by atoms with van der Waals surface area (Å²) in [5.41, 5.74) is 1.06. The lowest BCUT2D eigenvalue weighted by Gasteiger charge is -2.04. The largest absolute Gasteiger partial charge is 0.466 e. The number of ether oxygens (including phenoxy) is 2. The van der Waals surface area contributed by atoms with E-state index in [1.54, 1.807) is 12.1 Å². The Hall–Kier alpha value is -1.88. The first-order valence-electron chi connectivity index (χ1n) is 5.39. The molecule has 0 amide bonds. The van der Waals surface area contributed by atoms with Crippen LogP contribution in [0.1, 0.15) is 5.56 Å². The first-order chi connectivity index (χ1) is 9.08. The molecule has 0 saturated heterocycles. The lowest BCUT2D eigenvalue weighted by atomic mass is 10.1. The second-order valence-corrected chi connectivity index (χ2v) is 4.38. The van der Waals surface area contributed by atoms with Crippen LogP contribution in [0.3, 0.4) is 0 Å². The number of hydrogen-bond donors (Lipinski definition) is 0. The molecule has 0 heterocycles. The zero-order chi connectivity index (χ0) is 14.3. The third-order valence-electron chi connectivity index (χ3n) is 2.26. The molecule has 1 aromatic carbocycles. The van der Waals surface area contributed by atoms with E-state index in [1.807, 2.05) is 12.1 Å². The van der Waals surface area contributed by atoms with Crippen molar-refractivity contribution in [2.45, 2.75) is 0 Å². The fraction of sp³-hybridized carbons (Fsp3) is 0.143. The van der Waals surface area contributed by atoms with Gasteiger partial charge in [0.2, 0.25) is 0 Å². The second-order valence-electron chi connectivity index (χ2n) is 3.46. The Morgan fingerprint density at radius 1 is 1.11 bits per heavy atom. The van der Waals surface area contributed by atoms with E-state index in [2.05, 4.69) is 20.7 Å². The molecule has 5 heteroatoms. The Kier molecular flexibility index (Phi) is 6.02. The highest BCUT2D eigenvalue weighted by Gasteiger charge is 2.11. The van der Waals surface area contributed by atoms with Crippen LogP contribution in [-0.4, -0.2) is 26.2 Å². The molecular weight excluding hydrogens is 312 g/mol. The minimum absolute atomic E-state index is 0.357. The molecule has 0 bridgehead atoms. The van der Waals surface area contributed by atoms with Gasteiger partial charge in [-0.1, -0.05) is 34.1 Å². The summed E-state index contributed by atoms with van der Waals surface area (Å²) in [6, 6.07) is 7.18. The number of carbonyl (C=O) groups excluding carboxylic acids is 2. The van der Waals surface area contributed by atoms with Gasteiger partial charge in [-0.15, -0.1) is 0 Å². The van der Waals surface area contributed by atoms with Crippen molar-refractivity contribution in [2.24, 2.45) is 0 Å². The van der Waals surface area contributed by atoms with Crippen LogP contribution in [-0.2, 0) is 19.1 Å². The molecule has 0 aliphatic heterocycles. The number of carbonyl (C=O) groups is 2. The summed E-state index contributed by atoms with van der Waals surface area (Å²) in [6.07, 6.45) is 4.17. The first-order valence-corrected chi connectivity index (χ1v) is 6.18. The van der Waals surface area contributed by atoms with Crippen LogP contribution in [0.25, 0.3) is 5.57 Å². The third-order valence-corrected chi connectivity index (χ3v) is 2.79. The van der Waals surface area contributed by atoms with Gasteiger partial charge in [0.25, 0.3) is 0 Å². The van der Waals surface area contributed by atoms with Crippen LogP contribution in [0.2, 0.25) is 0 Å². The summed E-state index contributed by atoms with van der Waals surface area (Å²) >= 11 is 3.32. The van der Waals surface area contributed by atoms with Crippen molar-refractivity contribution in [2.75, 3.05) is 14.2 Å². The van der Waals surface area contributed by atoms with E-state index in [0.29, 0.717) is 11.1 Å². The normalized spacial score (nSPS) is 11.4. The summed E-state index contributed by atoms with van der Waals surface area (Å²) < 4.78 is 10.1. The maximum atomic E-state index is 11.7. The van der Waals surface area contributed by atoms with Gasteiger partial charge < -0.3 is 9.47 Å². The molecule has 0 N–H and O–H groups in total. The Bertz CT molecular complexity index is 515. The summed E-state index contributed by atoms with van der Waals surface area (Å²) in [4.78, 5) is 22.6. The average molecular weight is 325 g/mol. The standard InChI is InChI=1S/C14H13BrO4/c1-18-13(16)5-3-4-12(14(17)19-2)10-6-8-11(15)9-7-10/h3-9H,1-2H3. The summed E-state index contributed by atoms with van der Waals surface area (Å²) in [5, 5.41) is 0. The molecule has 0 atom stereocenters. The fourth-order valence-corrected chi connectivity index (χ4v) is 1.58. The number of halogens is 1. The van der Waals surface area contributed by atoms with Gasteiger partial charge in [0.15, 0.2) is 0 Å². The second kappa shape index (κ2) is 7.53. The molecule has 19 heavy (non-hydrogen) atoms. The summed E-state index contributed by atoms with van der Waals surface area (Å²) in [6.45, 7) is 0. The minimum atomic E-state index is -0.490. The summed E-state index contributed by atoms with van der Waals surface area (Å²) in [5.74, 6) is -0.965. The van der Waals surface area contributed by atoms with Crippen LogP contribution >= 0.6 is 15.9 Å². The zero-order valence-corrected chi connectivity index (χ0v) is 12.1. The average Bonchev–Trinajstić information content (AvgIpc) is 2.43. The highest BCUT2D eigenvalue weighted by atomic mass is 79.9. The van der Waals surface area contributed by atoms with E-state index in [1.165, 1.54) is 32.4 Å². The first kappa shape index (κ1) is 15.2. The maximum Gasteiger partial charge on any atom is 0.338 e. The monoisotopic (exact) mass is 324 g/mol. The molecule has 0 aliphatic carbocycles. The van der Waals surface area contributed by atoms with Gasteiger partial charge in [0.05, 0.1) is 19.8 Å². The topological polar surface area (TPSA) is 52.6 Å². The number of methoxy groups -OCH3 is 2. The smallest absolute Gasteiger partial charge is 0.338 e. The van der Waals surface area contributed by atoms with Gasteiger partial charge in [-0.25, -0.2) is 9.59 Å². The number of esters is 2. The van der Waals surface area contributed by atoms with Crippen LogP contribution in [0.5, 0.6) is 0 Å². The fourth-order valence-electron chi connectivity index (χ4n) is 1.31. The van der Waals surface area contributed by atoms with Gasteiger partial charge in [0, 0.05) is 10.5 Å². The molecule has 0 aliphatic rings. The number of rotatable bonds is 4. The van der Waals surface area contributed by atoms with E-state index in [-0.39, 0.29) is 0 Å². The molecule has 0 spiro atoms. The van der Waals surface area contributed by atoms with Crippen molar-refractivity contribution in [1.82, 2.24) is 0 Å². The van der Waals surface area contributed by atoms with Crippen molar-refractivity contribution >= 4 is 33.4 Å². The molecular formula is C14H13BrO4. The molecule has 1 rings (SSSR count). The number of allylic oxidation sites excluding steroid dienone is 2. The van der Waals surface area contributed by atoms with Crippen molar-refractivity contribution in [3.05, 3.63) is 52.5 Å². The molecule has 0 unspecified atom stereocenters. The van der Waals surface area contributed by atoms with E-state index in [4.69, 9.17) is 4.74 Å². The van der Waals surface area contributed by atoms with Crippen molar-refractivity contribution < 1.29 is 19.1 Å². The van der Waals surface area contributed by atoms with E-state index in [9.17, 15) is 9.59 Å². The highest BCUT2D eigenvalue weighted by Crippen LogP contribution is 2.19. The molecule has 100 valence electrons. The van der Waals surface area contributed by atoms with E-state index >= 15 is 0 Å². The van der Waals surface area contributed by atoms with Gasteiger partial charge in [0.1, 0.15) is 0 Å². The van der Waals surface area contributed by atoms with Gasteiger partial charge in [-0.3, -0.25) is 0 Å². The molecule has 4 nitrogen and oxygen atoms in total. The van der Waals surface area contributed by atoms with Gasteiger partial charge in [-0.05, 0) is 23.8 Å². The Balaban J connectivity index is 3.05. The highest BCUT2D eigenvalue weighted by molar-refractivity contribution is 9.10. The molecule has 0 saturated carbocycles. The van der Waals surface area contributed by atoms with Crippen molar-refractivity contribution in [3.63, 3.8) is 0 Å². The predicted octanol–water partition coefficient (Wildman–Crippen LogP) is 2.73. The zero-order valence-electron chi connectivity index (χ0n) is 10.6. The minimum Gasteiger partial charge on any atom is -0.466 e. The van der Waals surface area contributed by atoms with Gasteiger partial charge >= 0.3 is 11.9 Å². The number of hydrogen-bond acceptors (Lipinski definition) is 4. The quantitative estimate of drug-likeness (QED) is 0.485. The van der Waals surface area contributed by atoms with Gasteiger partial charge in [-0.2, -0.15) is 0 Å². The van der Waals surface area contributed by atoms with Crippen LogP contribution in [0.15, 0.2) is 47.0 Å². The lowest BCUT2D eigenvalue weighted by molar-refractivity contribution is -0.135. The number of benzene rings is 1. The molecule has 0 fully saturated rings. The Morgan fingerprint density at radius 2 is 1.74 bits per heavy atom. The van der Waals surface area contributed by atoms with E-state index < -0.39 is 11.9 Å². The molecule has 1 aromatic rings. The molecule has 0 aromatic heterocycles. The third kappa shape index (κ3) is 4.71. The Morgan fingerprint density at radius 3 is 2.26 bits per heavy atom. The summed E-state index contributed by atoms with van der Waals surface area (Å²) in [7, 11) is 2.59. The molecule has 0 radical (unpaired) electrons. The van der Waals surface area contributed by atoms with Crippen LogP contribution < -0.4 is 0 Å². The maximum absolute atomic E-state index is 11.7. The van der Waals surface area contributed by atoms with E-state index in [0.717, 1.165) is 4.47 Å². The SMILES string of the molecule is COC(=O)C=CC=C(C(=O)OC)c1ccc(Br)cc1. The van der Waals surface area contributed by atoms with Crippen LogP contribution in [0.4, 0.5) is 0 Å².